The van der Waals surface area contributed by atoms with E-state index in [0.29, 0.717) is 0 Å². The van der Waals surface area contributed by atoms with Gasteiger partial charge >= 0.3 is 0 Å². The Bertz CT molecular complexity index is 410. The number of piperidine rings is 1. The number of nitrogens with zero attached hydrogens (tertiary/aromatic N) is 3. The lowest BCUT2D eigenvalue weighted by Crippen LogP contribution is -2.33. The van der Waals surface area contributed by atoms with E-state index >= 15 is 0 Å². The largest absolute Gasteiger partial charge is 0.335 e. The molecule has 3 rings (SSSR count). The van der Waals surface area contributed by atoms with E-state index < -0.39 is 0 Å². The third-order valence-electron chi connectivity index (χ3n) is 4.52. The Morgan fingerprint density at radius 1 is 1.33 bits per heavy atom. The van der Waals surface area contributed by atoms with Crippen LogP contribution in [0.1, 0.15) is 37.7 Å². The molecule has 18 heavy (non-hydrogen) atoms. The van der Waals surface area contributed by atoms with Gasteiger partial charge in [-0.2, -0.15) is 0 Å². The zero-order valence-corrected chi connectivity index (χ0v) is 11.7. The molecular weight excluding hydrogens is 222 g/mol. The average molecular weight is 247 g/mol. The van der Waals surface area contributed by atoms with E-state index in [-0.39, 0.29) is 0 Å². The van der Waals surface area contributed by atoms with Crippen LogP contribution in [-0.4, -0.2) is 34.6 Å². The zero-order valence-electron chi connectivity index (χ0n) is 11.7. The van der Waals surface area contributed by atoms with Crippen molar-refractivity contribution in [1.29, 1.82) is 0 Å². The first-order valence-electron chi connectivity index (χ1n) is 7.44. The van der Waals surface area contributed by atoms with Gasteiger partial charge in [-0.3, -0.25) is 0 Å². The summed E-state index contributed by atoms with van der Waals surface area (Å²) in [6, 6.07) is 0. The first kappa shape index (κ1) is 12.2. The Morgan fingerprint density at radius 2 is 2.22 bits per heavy atom. The van der Waals surface area contributed by atoms with Gasteiger partial charge in [0.15, 0.2) is 0 Å². The van der Waals surface area contributed by atoms with Gasteiger partial charge in [0.25, 0.3) is 0 Å². The molecule has 2 aliphatic rings. The number of likely N-dealkylation sites (tertiary alicyclic amines) is 1. The zero-order chi connectivity index (χ0) is 12.5. The topological polar surface area (TPSA) is 21.1 Å². The maximum absolute atomic E-state index is 4.86. The van der Waals surface area contributed by atoms with Gasteiger partial charge in [-0.05, 0) is 51.1 Å². The van der Waals surface area contributed by atoms with Crippen LogP contribution in [0.4, 0.5) is 0 Å². The minimum Gasteiger partial charge on any atom is -0.335 e. The molecule has 3 nitrogen and oxygen atoms in total. The lowest BCUT2D eigenvalue weighted by Gasteiger charge is -2.29. The van der Waals surface area contributed by atoms with Crippen LogP contribution in [0.25, 0.3) is 0 Å². The molecule has 0 N–H and O–H groups in total. The molecule has 3 heterocycles. The molecule has 100 valence electrons. The van der Waals surface area contributed by atoms with Crippen molar-refractivity contribution in [3.05, 3.63) is 17.7 Å². The standard InChI is InChI=1S/C15H25N3/c1-12-5-7-18-11-14(16-15(18)8-12)9-13-4-3-6-17(2)10-13/h11-13H,3-10H2,1-2H3. The van der Waals surface area contributed by atoms with Crippen LogP contribution in [0.3, 0.4) is 0 Å². The first-order valence-corrected chi connectivity index (χ1v) is 7.44. The molecule has 0 aliphatic carbocycles. The molecule has 1 fully saturated rings. The minimum atomic E-state index is 0.813. The van der Waals surface area contributed by atoms with Crippen LogP contribution in [0, 0.1) is 11.8 Å². The molecule has 1 aromatic heterocycles. The predicted octanol–water partition coefficient (Wildman–Crippen LogP) is 2.35. The van der Waals surface area contributed by atoms with Gasteiger partial charge in [-0.1, -0.05) is 6.92 Å². The minimum absolute atomic E-state index is 0.813. The van der Waals surface area contributed by atoms with Crippen molar-refractivity contribution in [2.24, 2.45) is 11.8 Å². The molecule has 0 radical (unpaired) electrons. The number of rotatable bonds is 2. The van der Waals surface area contributed by atoms with Crippen LogP contribution in [0.5, 0.6) is 0 Å². The summed E-state index contributed by atoms with van der Waals surface area (Å²) in [6.07, 6.45) is 8.71. The Kier molecular flexibility index (Phi) is 3.42. The van der Waals surface area contributed by atoms with Crippen molar-refractivity contribution in [3.63, 3.8) is 0 Å². The highest BCUT2D eigenvalue weighted by atomic mass is 15.1. The van der Waals surface area contributed by atoms with Gasteiger partial charge in [-0.15, -0.1) is 0 Å². The molecule has 2 aliphatic heterocycles. The van der Waals surface area contributed by atoms with E-state index in [1.165, 1.54) is 63.3 Å². The van der Waals surface area contributed by atoms with Gasteiger partial charge < -0.3 is 9.47 Å². The first-order chi connectivity index (χ1) is 8.70. The Labute approximate surface area is 110 Å². The molecule has 0 aromatic carbocycles. The number of fused-ring (bicyclic) bond motifs is 1. The molecule has 0 spiro atoms. The maximum Gasteiger partial charge on any atom is 0.109 e. The Hall–Kier alpha value is -0.830. The summed E-state index contributed by atoms with van der Waals surface area (Å²) in [7, 11) is 2.24. The van der Waals surface area contributed by atoms with E-state index in [1.54, 1.807) is 0 Å². The molecule has 3 heteroatoms. The Balaban J connectivity index is 1.66. The van der Waals surface area contributed by atoms with Crippen molar-refractivity contribution in [1.82, 2.24) is 14.5 Å². The number of aryl methyl sites for hydroxylation is 1. The summed E-state index contributed by atoms with van der Waals surface area (Å²) in [5.41, 5.74) is 1.33. The third kappa shape index (κ3) is 2.61. The van der Waals surface area contributed by atoms with Crippen molar-refractivity contribution in [2.45, 2.75) is 45.6 Å². The van der Waals surface area contributed by atoms with Gasteiger partial charge in [0.1, 0.15) is 5.82 Å². The lowest BCUT2D eigenvalue weighted by molar-refractivity contribution is 0.208. The molecule has 1 aromatic rings. The number of hydrogen-bond donors (Lipinski definition) is 0. The number of hydrogen-bond acceptors (Lipinski definition) is 2. The van der Waals surface area contributed by atoms with Gasteiger partial charge in [-0.25, -0.2) is 4.98 Å². The lowest BCUT2D eigenvalue weighted by atomic mass is 9.94. The molecule has 2 unspecified atom stereocenters. The number of aromatic nitrogens is 2. The maximum atomic E-state index is 4.86. The molecule has 0 amide bonds. The highest BCUT2D eigenvalue weighted by Crippen LogP contribution is 2.23. The fourth-order valence-corrected chi connectivity index (χ4v) is 3.48. The second-order valence-corrected chi connectivity index (χ2v) is 6.41. The fourth-order valence-electron chi connectivity index (χ4n) is 3.48. The van der Waals surface area contributed by atoms with Crippen LogP contribution >= 0.6 is 0 Å². The van der Waals surface area contributed by atoms with E-state index in [2.05, 4.69) is 29.6 Å². The van der Waals surface area contributed by atoms with Gasteiger partial charge in [0, 0.05) is 25.7 Å². The van der Waals surface area contributed by atoms with Crippen molar-refractivity contribution >= 4 is 0 Å². The SMILES string of the molecule is CC1CCn2cc(CC3CCCN(C)C3)nc2C1. The van der Waals surface area contributed by atoms with E-state index in [0.717, 1.165) is 11.8 Å². The van der Waals surface area contributed by atoms with E-state index in [9.17, 15) is 0 Å². The summed E-state index contributed by atoms with van der Waals surface area (Å²) in [4.78, 5) is 7.33. The van der Waals surface area contributed by atoms with Crippen molar-refractivity contribution in [2.75, 3.05) is 20.1 Å². The van der Waals surface area contributed by atoms with Crippen LogP contribution in [0.15, 0.2) is 6.20 Å². The smallest absolute Gasteiger partial charge is 0.109 e. The quantitative estimate of drug-likeness (QED) is 0.800. The van der Waals surface area contributed by atoms with E-state index in [4.69, 9.17) is 4.98 Å². The highest BCUT2D eigenvalue weighted by molar-refractivity contribution is 5.08. The van der Waals surface area contributed by atoms with Crippen LogP contribution in [0.2, 0.25) is 0 Å². The summed E-state index contributed by atoms with van der Waals surface area (Å²) in [6.45, 7) is 6.04. The predicted molar refractivity (Wildman–Crippen MR) is 73.6 cm³/mol. The Morgan fingerprint density at radius 3 is 3.06 bits per heavy atom. The molecular formula is C15H25N3. The second-order valence-electron chi connectivity index (χ2n) is 6.41. The average Bonchev–Trinajstić information content (AvgIpc) is 2.70. The third-order valence-corrected chi connectivity index (χ3v) is 4.52. The number of imidazole rings is 1. The molecule has 0 saturated carbocycles. The molecule has 2 atom stereocenters. The van der Waals surface area contributed by atoms with E-state index in [1.807, 2.05) is 0 Å². The van der Waals surface area contributed by atoms with Crippen LogP contribution < -0.4 is 0 Å². The fraction of sp³-hybridized carbons (Fsp3) is 0.800. The summed E-state index contributed by atoms with van der Waals surface area (Å²) < 4.78 is 2.39. The van der Waals surface area contributed by atoms with Gasteiger partial charge in [0.05, 0.1) is 5.69 Å². The van der Waals surface area contributed by atoms with Crippen molar-refractivity contribution in [3.8, 4) is 0 Å². The molecule has 1 saturated heterocycles. The normalized spacial score (nSPS) is 29.2. The monoisotopic (exact) mass is 247 g/mol. The van der Waals surface area contributed by atoms with Gasteiger partial charge in [0.2, 0.25) is 0 Å². The summed E-state index contributed by atoms with van der Waals surface area (Å²) >= 11 is 0. The van der Waals surface area contributed by atoms with Crippen LogP contribution in [-0.2, 0) is 19.4 Å². The van der Waals surface area contributed by atoms with Crippen molar-refractivity contribution < 1.29 is 0 Å². The molecule has 0 bridgehead atoms. The summed E-state index contributed by atoms with van der Waals surface area (Å²) in [5.74, 6) is 2.96. The highest BCUT2D eigenvalue weighted by Gasteiger charge is 2.21. The summed E-state index contributed by atoms with van der Waals surface area (Å²) in [5, 5.41) is 0. The second kappa shape index (κ2) is 5.04.